The minimum Gasteiger partial charge on any atom is -0.262 e. The first-order valence-electron chi connectivity index (χ1n) is 9.18. The lowest BCUT2D eigenvalue weighted by atomic mass is 10.1. The van der Waals surface area contributed by atoms with Crippen LogP contribution in [0.3, 0.4) is 0 Å². The van der Waals surface area contributed by atoms with Crippen molar-refractivity contribution in [3.63, 3.8) is 0 Å². The number of benzene rings is 1. The SMILES string of the molecule is Cc1cc(C(F)(F)F)nc2c1cc(Cc1c(Cl)cncc1Cl)n2S(=O)(=O)c1ccccc1. The zero-order chi connectivity index (χ0) is 23.3. The smallest absolute Gasteiger partial charge is 0.262 e. The summed E-state index contributed by atoms with van der Waals surface area (Å²) in [5, 5.41) is 0.674. The Labute approximate surface area is 191 Å². The summed E-state index contributed by atoms with van der Waals surface area (Å²) < 4.78 is 68.2. The van der Waals surface area contributed by atoms with Crippen molar-refractivity contribution in [1.29, 1.82) is 0 Å². The molecule has 0 amide bonds. The molecule has 4 rings (SSSR count). The number of hydrogen-bond donors (Lipinski definition) is 0. The van der Waals surface area contributed by atoms with Gasteiger partial charge < -0.3 is 0 Å². The molecule has 0 aliphatic carbocycles. The van der Waals surface area contributed by atoms with E-state index in [-0.39, 0.29) is 43.7 Å². The van der Waals surface area contributed by atoms with E-state index in [0.29, 0.717) is 5.56 Å². The summed E-state index contributed by atoms with van der Waals surface area (Å²) in [4.78, 5) is 7.47. The number of aryl methyl sites for hydroxylation is 1. The molecule has 0 saturated carbocycles. The van der Waals surface area contributed by atoms with Gasteiger partial charge in [0.05, 0.1) is 14.9 Å². The maximum absolute atomic E-state index is 13.5. The summed E-state index contributed by atoms with van der Waals surface area (Å²) in [5.41, 5.74) is -0.718. The van der Waals surface area contributed by atoms with Crippen LogP contribution in [0.5, 0.6) is 0 Å². The van der Waals surface area contributed by atoms with Gasteiger partial charge in [0.25, 0.3) is 10.0 Å². The standard InChI is InChI=1S/C21H14Cl2F3N3O2S/c1-12-7-19(21(24,25)26)28-20-15(12)8-13(9-16-17(22)10-27-11-18(16)23)29(20)32(30,31)14-5-3-2-4-6-14/h2-8,10-11H,9H2,1H3. The van der Waals surface area contributed by atoms with Gasteiger partial charge in [0.2, 0.25) is 0 Å². The molecule has 11 heteroatoms. The van der Waals surface area contributed by atoms with Crippen molar-refractivity contribution >= 4 is 44.3 Å². The van der Waals surface area contributed by atoms with Crippen LogP contribution in [0.4, 0.5) is 13.2 Å². The minimum atomic E-state index is -4.75. The van der Waals surface area contributed by atoms with E-state index in [1.54, 1.807) is 6.07 Å². The monoisotopic (exact) mass is 499 g/mol. The maximum atomic E-state index is 13.5. The third-order valence-electron chi connectivity index (χ3n) is 4.89. The fourth-order valence-electron chi connectivity index (χ4n) is 3.38. The molecule has 0 saturated heterocycles. The lowest BCUT2D eigenvalue weighted by molar-refractivity contribution is -0.141. The van der Waals surface area contributed by atoms with E-state index in [0.717, 1.165) is 10.0 Å². The van der Waals surface area contributed by atoms with E-state index in [2.05, 4.69) is 9.97 Å². The Hall–Kier alpha value is -2.62. The zero-order valence-electron chi connectivity index (χ0n) is 16.4. The lowest BCUT2D eigenvalue weighted by Crippen LogP contribution is -2.18. The normalized spacial score (nSPS) is 12.4. The second-order valence-electron chi connectivity index (χ2n) is 7.04. The lowest BCUT2D eigenvalue weighted by Gasteiger charge is -2.14. The van der Waals surface area contributed by atoms with Gasteiger partial charge in [-0.2, -0.15) is 13.2 Å². The molecule has 32 heavy (non-hydrogen) atoms. The number of alkyl halides is 3. The molecule has 0 aliphatic rings. The summed E-state index contributed by atoms with van der Waals surface area (Å²) in [6, 6.07) is 9.77. The van der Waals surface area contributed by atoms with E-state index in [1.807, 2.05) is 0 Å². The molecule has 4 aromatic rings. The number of hydrogen-bond acceptors (Lipinski definition) is 4. The molecule has 166 valence electrons. The summed E-state index contributed by atoms with van der Waals surface area (Å²) in [6.45, 7) is 1.47. The van der Waals surface area contributed by atoms with Gasteiger partial charge in [-0.05, 0) is 42.3 Å². The number of rotatable bonds is 4. The highest BCUT2D eigenvalue weighted by atomic mass is 35.5. The van der Waals surface area contributed by atoms with Crippen LogP contribution >= 0.6 is 23.2 Å². The third kappa shape index (κ3) is 3.96. The molecule has 0 spiro atoms. The third-order valence-corrected chi connectivity index (χ3v) is 7.30. The van der Waals surface area contributed by atoms with Crippen molar-refractivity contribution in [3.05, 3.63) is 87.4 Å². The number of aromatic nitrogens is 3. The van der Waals surface area contributed by atoms with Crippen LogP contribution in [-0.4, -0.2) is 22.4 Å². The highest BCUT2D eigenvalue weighted by molar-refractivity contribution is 7.90. The summed E-state index contributed by atoms with van der Waals surface area (Å²) in [5.74, 6) is 0. The molecule has 0 unspecified atom stereocenters. The number of fused-ring (bicyclic) bond motifs is 1. The van der Waals surface area contributed by atoms with Crippen molar-refractivity contribution in [2.24, 2.45) is 0 Å². The molecule has 0 N–H and O–H groups in total. The predicted octanol–water partition coefficient (Wildman–Crippen LogP) is 5.89. The average molecular weight is 500 g/mol. The van der Waals surface area contributed by atoms with Gasteiger partial charge in [-0.1, -0.05) is 41.4 Å². The summed E-state index contributed by atoms with van der Waals surface area (Å²) in [6.07, 6.45) is -2.11. The topological polar surface area (TPSA) is 64.8 Å². The Morgan fingerprint density at radius 2 is 1.66 bits per heavy atom. The molecule has 0 aliphatic heterocycles. The molecule has 3 aromatic heterocycles. The second-order valence-corrected chi connectivity index (χ2v) is 9.64. The van der Waals surface area contributed by atoms with Crippen LogP contribution in [0.1, 0.15) is 22.5 Å². The first-order valence-corrected chi connectivity index (χ1v) is 11.4. The summed E-state index contributed by atoms with van der Waals surface area (Å²) >= 11 is 12.4. The minimum absolute atomic E-state index is 0.0661. The van der Waals surface area contributed by atoms with Gasteiger partial charge in [-0.25, -0.2) is 17.4 Å². The molecule has 0 bridgehead atoms. The first-order chi connectivity index (χ1) is 15.0. The fraction of sp³-hybridized carbons (Fsp3) is 0.143. The molecule has 1 aromatic carbocycles. The molecule has 0 radical (unpaired) electrons. The van der Waals surface area contributed by atoms with Crippen LogP contribution in [0, 0.1) is 6.92 Å². The molecule has 5 nitrogen and oxygen atoms in total. The van der Waals surface area contributed by atoms with E-state index in [4.69, 9.17) is 23.2 Å². The van der Waals surface area contributed by atoms with Crippen molar-refractivity contribution in [2.45, 2.75) is 24.4 Å². The van der Waals surface area contributed by atoms with Crippen LogP contribution in [0.2, 0.25) is 10.0 Å². The van der Waals surface area contributed by atoms with Crippen molar-refractivity contribution < 1.29 is 21.6 Å². The molecule has 0 atom stereocenters. The highest BCUT2D eigenvalue weighted by Crippen LogP contribution is 2.35. The van der Waals surface area contributed by atoms with Crippen molar-refractivity contribution in [3.8, 4) is 0 Å². The number of halogens is 5. The largest absolute Gasteiger partial charge is 0.433 e. The van der Waals surface area contributed by atoms with Gasteiger partial charge in [-0.15, -0.1) is 0 Å². The maximum Gasteiger partial charge on any atom is 0.433 e. The molecular formula is C21H14Cl2F3N3O2S. The van der Waals surface area contributed by atoms with E-state index < -0.39 is 21.9 Å². The van der Waals surface area contributed by atoms with Gasteiger partial charge in [0.1, 0.15) is 5.69 Å². The number of pyridine rings is 2. The molecule has 3 heterocycles. The fourth-order valence-corrected chi connectivity index (χ4v) is 5.39. The quantitative estimate of drug-likeness (QED) is 0.351. The van der Waals surface area contributed by atoms with Gasteiger partial charge >= 0.3 is 6.18 Å². The Kier molecular flexibility index (Phi) is 5.68. The van der Waals surface area contributed by atoms with Crippen LogP contribution < -0.4 is 0 Å². The molecular weight excluding hydrogens is 486 g/mol. The Bertz CT molecular complexity index is 1420. The second kappa shape index (κ2) is 8.06. The van der Waals surface area contributed by atoms with Crippen LogP contribution in [0.15, 0.2) is 59.8 Å². The van der Waals surface area contributed by atoms with Crippen LogP contribution in [-0.2, 0) is 22.6 Å². The van der Waals surface area contributed by atoms with E-state index >= 15 is 0 Å². The zero-order valence-corrected chi connectivity index (χ0v) is 18.7. The molecule has 0 fully saturated rings. The average Bonchev–Trinajstić information content (AvgIpc) is 3.10. The van der Waals surface area contributed by atoms with Gasteiger partial charge in [0, 0.05) is 29.9 Å². The van der Waals surface area contributed by atoms with Gasteiger partial charge in [-0.3, -0.25) is 4.98 Å². The van der Waals surface area contributed by atoms with Gasteiger partial charge in [0.15, 0.2) is 5.65 Å². The van der Waals surface area contributed by atoms with Crippen LogP contribution in [0.25, 0.3) is 11.0 Å². The van der Waals surface area contributed by atoms with E-state index in [9.17, 15) is 21.6 Å². The Balaban J connectivity index is 2.06. The highest BCUT2D eigenvalue weighted by Gasteiger charge is 2.35. The first kappa shape index (κ1) is 22.6. The number of nitrogens with zero attached hydrogens (tertiary/aromatic N) is 3. The summed E-state index contributed by atoms with van der Waals surface area (Å²) in [7, 11) is -4.29. The van der Waals surface area contributed by atoms with Crippen molar-refractivity contribution in [2.75, 3.05) is 0 Å². The predicted molar refractivity (Wildman–Crippen MR) is 116 cm³/mol. The Morgan fingerprint density at radius 3 is 2.25 bits per heavy atom. The Morgan fingerprint density at radius 1 is 1.03 bits per heavy atom. The van der Waals surface area contributed by atoms with E-state index in [1.165, 1.54) is 49.6 Å². The van der Waals surface area contributed by atoms with Crippen molar-refractivity contribution in [1.82, 2.24) is 13.9 Å².